The molecule has 1 atom stereocenters. The number of hydrogen-bond acceptors (Lipinski definition) is 5. The van der Waals surface area contributed by atoms with Crippen molar-refractivity contribution in [3.05, 3.63) is 58.9 Å². The minimum Gasteiger partial charge on any atom is -0.395 e. The first-order valence-corrected chi connectivity index (χ1v) is 11.3. The van der Waals surface area contributed by atoms with Gasteiger partial charge in [-0.15, -0.1) is 8.78 Å². The summed E-state index contributed by atoms with van der Waals surface area (Å²) in [6, 6.07) is -4.98. The summed E-state index contributed by atoms with van der Waals surface area (Å²) in [6.07, 6.45) is -10.8. The maximum atomic E-state index is 16.1. The zero-order valence-electron chi connectivity index (χ0n) is 31.0. The van der Waals surface area contributed by atoms with E-state index in [4.69, 9.17) is 15.1 Å². The second kappa shape index (κ2) is 8.77. The van der Waals surface area contributed by atoms with Gasteiger partial charge in [-0.2, -0.15) is 0 Å². The van der Waals surface area contributed by atoms with Crippen molar-refractivity contribution in [3.8, 4) is 11.5 Å². The molecule has 0 amide bonds. The van der Waals surface area contributed by atoms with E-state index in [-0.39, 0.29) is 18.5 Å². The maximum absolute atomic E-state index is 16.1. The Morgan fingerprint density at radius 1 is 1.24 bits per heavy atom. The summed E-state index contributed by atoms with van der Waals surface area (Å²) in [6.45, 7) is -1.06. The molecule has 1 aliphatic carbocycles. The van der Waals surface area contributed by atoms with Gasteiger partial charge in [0.25, 0.3) is 0 Å². The zero-order chi connectivity index (χ0) is 36.5. The number of Topliss-reactive ketones (excluding diaryl/α,β-unsaturated/α-hetero) is 1. The second-order valence-electron chi connectivity index (χ2n) is 9.52. The van der Waals surface area contributed by atoms with Crippen molar-refractivity contribution < 1.29 is 52.7 Å². The topological polar surface area (TPSA) is 80.9 Å². The normalized spacial score (nSPS) is 24.2. The van der Waals surface area contributed by atoms with Crippen LogP contribution in [0.4, 0.5) is 13.2 Å². The summed E-state index contributed by atoms with van der Waals surface area (Å²) < 4.78 is 144. The van der Waals surface area contributed by atoms with Gasteiger partial charge < -0.3 is 24.3 Å². The molecular formula is C28H30F3NO5. The molecule has 3 aromatic rings. The maximum Gasteiger partial charge on any atom is 0.586 e. The van der Waals surface area contributed by atoms with Crippen molar-refractivity contribution in [2.24, 2.45) is 0 Å². The molecule has 2 heterocycles. The summed E-state index contributed by atoms with van der Waals surface area (Å²) in [5.74, 6) is -4.08. The lowest BCUT2D eigenvalue weighted by molar-refractivity contribution is -0.286. The number of ether oxygens (including phenoxy) is 2. The molecule has 1 fully saturated rings. The number of aliphatic hydroxyl groups is 2. The van der Waals surface area contributed by atoms with E-state index in [1.165, 1.54) is 13.8 Å². The van der Waals surface area contributed by atoms with Crippen molar-refractivity contribution in [1.29, 1.82) is 0 Å². The Bertz CT molecular complexity index is 1900. The van der Waals surface area contributed by atoms with Crippen molar-refractivity contribution in [2.45, 2.75) is 76.2 Å². The number of alkyl halides is 2. The molecule has 1 saturated carbocycles. The fraction of sp³-hybridized carbons (Fsp3) is 0.464. The summed E-state index contributed by atoms with van der Waals surface area (Å²) in [5.41, 5.74) is -5.61. The molecule has 0 unspecified atom stereocenters. The van der Waals surface area contributed by atoms with Crippen LogP contribution in [-0.4, -0.2) is 39.5 Å². The first-order valence-electron chi connectivity index (χ1n) is 16.8. The molecule has 198 valence electrons. The number of rotatable bonds is 9. The van der Waals surface area contributed by atoms with E-state index >= 15 is 4.39 Å². The summed E-state index contributed by atoms with van der Waals surface area (Å²) in [7, 11) is 0. The average molecular weight is 529 g/mol. The van der Waals surface area contributed by atoms with Crippen LogP contribution in [0.1, 0.15) is 71.9 Å². The van der Waals surface area contributed by atoms with Crippen molar-refractivity contribution in [1.82, 2.24) is 4.57 Å². The van der Waals surface area contributed by atoms with E-state index in [1.807, 2.05) is 0 Å². The highest BCUT2D eigenvalue weighted by Crippen LogP contribution is 2.52. The zero-order valence-corrected chi connectivity index (χ0v) is 20.0. The fourth-order valence-corrected chi connectivity index (χ4v) is 4.32. The van der Waals surface area contributed by atoms with Crippen molar-refractivity contribution >= 4 is 16.7 Å². The summed E-state index contributed by atoms with van der Waals surface area (Å²) in [4.78, 5) is 13.8. The van der Waals surface area contributed by atoms with Crippen LogP contribution in [0.15, 0.2) is 36.3 Å². The highest BCUT2D eigenvalue weighted by molar-refractivity contribution is 5.95. The molecule has 37 heavy (non-hydrogen) atoms. The molecule has 2 aliphatic rings. The van der Waals surface area contributed by atoms with Crippen LogP contribution >= 0.6 is 0 Å². The third-order valence-corrected chi connectivity index (χ3v) is 6.73. The molecular weight excluding hydrogens is 487 g/mol. The van der Waals surface area contributed by atoms with Crippen LogP contribution in [0.3, 0.4) is 0 Å². The molecule has 5 rings (SSSR count). The lowest BCUT2D eigenvalue weighted by atomic mass is 9.86. The van der Waals surface area contributed by atoms with Gasteiger partial charge in [-0.3, -0.25) is 4.79 Å². The Hall–Kier alpha value is -3.04. The Morgan fingerprint density at radius 3 is 2.59 bits per heavy atom. The van der Waals surface area contributed by atoms with Gasteiger partial charge in [0.1, 0.15) is 11.6 Å². The second-order valence-corrected chi connectivity index (χ2v) is 9.52. The van der Waals surface area contributed by atoms with E-state index in [1.54, 1.807) is 0 Å². The van der Waals surface area contributed by atoms with Gasteiger partial charge in [0, 0.05) is 25.7 Å². The van der Waals surface area contributed by atoms with E-state index in [2.05, 4.69) is 9.47 Å². The number of nitrogens with zero attached hydrogens (tertiary/aromatic N) is 1. The summed E-state index contributed by atoms with van der Waals surface area (Å²) in [5, 5.41) is 19.9. The van der Waals surface area contributed by atoms with Crippen LogP contribution in [-0.2, 0) is 28.6 Å². The van der Waals surface area contributed by atoms with Gasteiger partial charge in [-0.25, -0.2) is 4.39 Å². The highest BCUT2D eigenvalue weighted by Gasteiger charge is 2.52. The molecule has 9 heteroatoms. The molecule has 6 nitrogen and oxygen atoms in total. The van der Waals surface area contributed by atoms with Gasteiger partial charge >= 0.3 is 6.29 Å². The smallest absolute Gasteiger partial charge is 0.395 e. The number of fused-ring (bicyclic) bond motifs is 2. The molecule has 0 spiro atoms. The van der Waals surface area contributed by atoms with Gasteiger partial charge in [0.2, 0.25) is 0 Å². The Morgan fingerprint density at radius 2 is 1.95 bits per heavy atom. The van der Waals surface area contributed by atoms with Crippen molar-refractivity contribution in [3.63, 3.8) is 0 Å². The monoisotopic (exact) mass is 528 g/mol. The molecule has 0 radical (unpaired) electrons. The van der Waals surface area contributed by atoms with Gasteiger partial charge in [-0.05, 0) is 60.6 Å². The Balaban J connectivity index is 1.70. The van der Waals surface area contributed by atoms with Crippen LogP contribution < -0.4 is 9.47 Å². The minimum absolute atomic E-state index is 0.0424. The van der Waals surface area contributed by atoms with Crippen LogP contribution in [0, 0.1) is 5.82 Å². The molecule has 2 N–H and O–H groups in total. The van der Waals surface area contributed by atoms with E-state index in [9.17, 15) is 23.8 Å². The number of carbonyl (C=O) groups is 1. The lowest BCUT2D eigenvalue weighted by Crippen LogP contribution is -2.26. The number of carbonyl (C=O) groups excluding carboxylic acids is 1. The molecule has 2 aromatic carbocycles. The highest BCUT2D eigenvalue weighted by atomic mass is 19.3. The lowest BCUT2D eigenvalue weighted by Gasteiger charge is -2.26. The van der Waals surface area contributed by atoms with E-state index in [0.29, 0.717) is 0 Å². The summed E-state index contributed by atoms with van der Waals surface area (Å²) >= 11 is 0. The largest absolute Gasteiger partial charge is 0.586 e. The number of ketones is 1. The number of benzene rings is 2. The SMILES string of the molecule is [2H]c1c([2H])c(C2(C(=O)Cc3c(F)c([2H])c4c(c3[2H])c([2H])c(C(C)(C)C([2H])([2H])C)n4C[C@]([2H])(O)C([2H])([2H])O)CC2)c([2H])c2c1OC(F)(F)O2. The Kier molecular flexibility index (Phi) is 3.65. The van der Waals surface area contributed by atoms with Crippen LogP contribution in [0.5, 0.6) is 11.5 Å². The Labute approximate surface area is 228 Å². The minimum atomic E-state index is -4.23. The first kappa shape index (κ1) is 15.4. The number of aromatic nitrogens is 1. The molecule has 1 aliphatic heterocycles. The number of halogens is 3. The van der Waals surface area contributed by atoms with Gasteiger partial charge in [0.15, 0.2) is 11.5 Å². The number of hydrogen-bond donors (Lipinski definition) is 2. The molecule has 0 bridgehead atoms. The molecule has 0 saturated heterocycles. The van der Waals surface area contributed by atoms with E-state index in [0.717, 1.165) is 11.5 Å². The third kappa shape index (κ3) is 4.48. The van der Waals surface area contributed by atoms with Crippen LogP contribution in [0.2, 0.25) is 0 Å². The fourth-order valence-electron chi connectivity index (χ4n) is 4.32. The first-order chi connectivity index (χ1) is 21.6. The van der Waals surface area contributed by atoms with Gasteiger partial charge in [-0.1, -0.05) is 26.8 Å². The van der Waals surface area contributed by atoms with Crippen molar-refractivity contribution in [2.75, 3.05) is 6.56 Å². The van der Waals surface area contributed by atoms with Crippen LogP contribution in [0.25, 0.3) is 10.9 Å². The third-order valence-electron chi connectivity index (χ3n) is 6.73. The molecule has 1 aromatic heterocycles. The standard InChI is InChI=1S/C28H30F3NO5/c1-4-26(2,3)24-10-17-9-16(20(29)13-21(17)32(24)14-19(34)15-33)11-25(35)27(7-8-27)18-5-6-22-23(12-18)37-28(30,31)36-22/h5-6,9-10,12-13,19,33-34H,4,7-8,11,14-15H2,1-3H3/t19-/m0/s1/i4D2,5D,6D,9D,10D,12D,13D,15D2,19D. The average Bonchev–Trinajstić information content (AvgIpc) is 3.58. The quantitative estimate of drug-likeness (QED) is 0.409. The predicted molar refractivity (Wildman–Crippen MR) is 131 cm³/mol. The predicted octanol–water partition coefficient (Wildman–Crippen LogP) is 4.99. The van der Waals surface area contributed by atoms with Gasteiger partial charge in [0.05, 0.1) is 42.5 Å². The van der Waals surface area contributed by atoms with E-state index < -0.39 is 130 Å².